The van der Waals surface area contributed by atoms with Gasteiger partial charge in [0.1, 0.15) is 0 Å². The molecule has 0 nitrogen and oxygen atoms in total. The van der Waals surface area contributed by atoms with Crippen molar-refractivity contribution in [2.45, 2.75) is 0 Å². The molecule has 0 fully saturated rings. The third-order valence-electron chi connectivity index (χ3n) is 4.04. The second-order valence-electron chi connectivity index (χ2n) is 5.39. The predicted octanol–water partition coefficient (Wildman–Crippen LogP) is 5.97. The summed E-state index contributed by atoms with van der Waals surface area (Å²) < 4.78 is 0. The third kappa shape index (κ3) is 2.29. The fourth-order valence-electron chi connectivity index (χ4n) is 2.90. The first-order valence-corrected chi connectivity index (χ1v) is 7.46. The van der Waals surface area contributed by atoms with Crippen LogP contribution in [0.25, 0.3) is 33.0 Å². The van der Waals surface area contributed by atoms with Crippen LogP contribution in [-0.2, 0) is 0 Å². The van der Waals surface area contributed by atoms with Gasteiger partial charge < -0.3 is 0 Å². The molecule has 0 bridgehead atoms. The van der Waals surface area contributed by atoms with Crippen LogP contribution >= 0.6 is 0 Å². The van der Waals surface area contributed by atoms with E-state index >= 15 is 0 Å². The molecular formula is C22H15. The second kappa shape index (κ2) is 5.50. The lowest BCUT2D eigenvalue weighted by atomic mass is 9.96. The van der Waals surface area contributed by atoms with E-state index < -0.39 is 0 Å². The van der Waals surface area contributed by atoms with Crippen molar-refractivity contribution in [3.8, 4) is 22.3 Å². The molecule has 0 aromatic heterocycles. The molecule has 0 N–H and O–H groups in total. The highest BCUT2D eigenvalue weighted by Gasteiger charge is 2.04. The SMILES string of the molecule is [c]1ccc(-c2ccc(-c3cccc4ccccc34)cc2)cc1. The largest absolute Gasteiger partial charge is 0.0616 e. The monoisotopic (exact) mass is 279 g/mol. The topological polar surface area (TPSA) is 0 Å². The molecule has 4 aromatic rings. The first-order chi connectivity index (χ1) is 10.9. The second-order valence-corrected chi connectivity index (χ2v) is 5.39. The Morgan fingerprint density at radius 3 is 1.95 bits per heavy atom. The molecule has 0 atom stereocenters. The quantitative estimate of drug-likeness (QED) is 0.424. The summed E-state index contributed by atoms with van der Waals surface area (Å²) in [6.07, 6.45) is 0. The van der Waals surface area contributed by atoms with Gasteiger partial charge in [-0.15, -0.1) is 0 Å². The fraction of sp³-hybridized carbons (Fsp3) is 0. The number of hydrogen-bond acceptors (Lipinski definition) is 0. The standard InChI is InChI=1S/C22H15/c1-2-7-17(8-3-1)18-13-15-20(16-14-18)22-12-6-10-19-9-4-5-11-21(19)22/h2-16H. The molecule has 0 spiro atoms. The van der Waals surface area contributed by atoms with Crippen molar-refractivity contribution in [2.24, 2.45) is 0 Å². The molecule has 0 aliphatic carbocycles. The summed E-state index contributed by atoms with van der Waals surface area (Å²) in [5, 5.41) is 2.58. The normalized spacial score (nSPS) is 10.7. The number of fused-ring (bicyclic) bond motifs is 1. The summed E-state index contributed by atoms with van der Waals surface area (Å²) in [5.74, 6) is 0. The zero-order valence-corrected chi connectivity index (χ0v) is 12.2. The lowest BCUT2D eigenvalue weighted by Gasteiger charge is -2.08. The van der Waals surface area contributed by atoms with Crippen molar-refractivity contribution >= 4 is 10.8 Å². The van der Waals surface area contributed by atoms with Gasteiger partial charge in [-0.25, -0.2) is 0 Å². The van der Waals surface area contributed by atoms with Crippen LogP contribution in [0, 0.1) is 6.07 Å². The third-order valence-corrected chi connectivity index (χ3v) is 4.04. The van der Waals surface area contributed by atoms with Crippen LogP contribution in [0.15, 0.2) is 91.0 Å². The predicted molar refractivity (Wildman–Crippen MR) is 93.7 cm³/mol. The van der Waals surface area contributed by atoms with Gasteiger partial charge in [-0.05, 0) is 39.1 Å². The minimum absolute atomic E-state index is 1.23. The summed E-state index contributed by atoms with van der Waals surface area (Å²) in [6.45, 7) is 0. The first-order valence-electron chi connectivity index (χ1n) is 7.46. The van der Waals surface area contributed by atoms with E-state index in [1.807, 2.05) is 12.1 Å². The highest BCUT2D eigenvalue weighted by molar-refractivity contribution is 5.96. The van der Waals surface area contributed by atoms with Gasteiger partial charge in [0.2, 0.25) is 0 Å². The maximum absolute atomic E-state index is 3.06. The van der Waals surface area contributed by atoms with Gasteiger partial charge in [0, 0.05) is 0 Å². The summed E-state index contributed by atoms with van der Waals surface area (Å²) in [4.78, 5) is 0. The summed E-state index contributed by atoms with van der Waals surface area (Å²) in [6, 6.07) is 34.9. The smallest absolute Gasteiger partial charge is 0.0105 e. The molecule has 4 aromatic carbocycles. The van der Waals surface area contributed by atoms with Crippen molar-refractivity contribution in [3.05, 3.63) is 97.1 Å². The molecule has 0 saturated carbocycles. The van der Waals surface area contributed by atoms with E-state index in [1.165, 1.54) is 33.0 Å². The highest BCUT2D eigenvalue weighted by Crippen LogP contribution is 2.30. The first kappa shape index (κ1) is 12.8. The summed E-state index contributed by atoms with van der Waals surface area (Å²) in [7, 11) is 0. The van der Waals surface area contributed by atoms with Gasteiger partial charge in [-0.2, -0.15) is 0 Å². The molecule has 0 unspecified atom stereocenters. The van der Waals surface area contributed by atoms with Crippen LogP contribution in [0.5, 0.6) is 0 Å². The molecule has 0 saturated heterocycles. The molecule has 0 heteroatoms. The van der Waals surface area contributed by atoms with E-state index in [9.17, 15) is 0 Å². The van der Waals surface area contributed by atoms with Crippen LogP contribution in [0.1, 0.15) is 0 Å². The van der Waals surface area contributed by atoms with Crippen molar-refractivity contribution in [2.75, 3.05) is 0 Å². The molecule has 103 valence electrons. The maximum atomic E-state index is 3.06. The van der Waals surface area contributed by atoms with Gasteiger partial charge in [0.25, 0.3) is 0 Å². The van der Waals surface area contributed by atoms with E-state index in [4.69, 9.17) is 0 Å². The van der Waals surface area contributed by atoms with Crippen LogP contribution < -0.4 is 0 Å². The molecule has 22 heavy (non-hydrogen) atoms. The lowest BCUT2D eigenvalue weighted by Crippen LogP contribution is -1.82. The van der Waals surface area contributed by atoms with Gasteiger partial charge in [0.05, 0.1) is 0 Å². The Morgan fingerprint density at radius 1 is 0.500 bits per heavy atom. The van der Waals surface area contributed by atoms with Crippen LogP contribution in [-0.4, -0.2) is 0 Å². The number of hydrogen-bond donors (Lipinski definition) is 0. The molecule has 1 radical (unpaired) electrons. The lowest BCUT2D eigenvalue weighted by molar-refractivity contribution is 1.60. The van der Waals surface area contributed by atoms with Crippen molar-refractivity contribution < 1.29 is 0 Å². The van der Waals surface area contributed by atoms with Gasteiger partial charge in [-0.1, -0.05) is 91.0 Å². The minimum atomic E-state index is 1.23. The number of benzene rings is 4. The molecular weight excluding hydrogens is 264 g/mol. The molecule has 4 rings (SSSR count). The van der Waals surface area contributed by atoms with E-state index in [0.29, 0.717) is 0 Å². The van der Waals surface area contributed by atoms with E-state index in [1.54, 1.807) is 0 Å². The van der Waals surface area contributed by atoms with Gasteiger partial charge in [-0.3, -0.25) is 0 Å². The average molecular weight is 279 g/mol. The highest BCUT2D eigenvalue weighted by atomic mass is 14.1. The Bertz CT molecular complexity index is 898. The Morgan fingerprint density at radius 2 is 1.14 bits per heavy atom. The molecule has 0 amide bonds. The summed E-state index contributed by atoms with van der Waals surface area (Å²) in [5.41, 5.74) is 5.00. The zero-order valence-electron chi connectivity index (χ0n) is 12.2. The van der Waals surface area contributed by atoms with Crippen molar-refractivity contribution in [3.63, 3.8) is 0 Å². The molecule has 0 heterocycles. The van der Waals surface area contributed by atoms with E-state index in [2.05, 4.69) is 84.9 Å². The van der Waals surface area contributed by atoms with E-state index in [-0.39, 0.29) is 0 Å². The van der Waals surface area contributed by atoms with E-state index in [0.717, 1.165) is 0 Å². The van der Waals surface area contributed by atoms with Gasteiger partial charge >= 0.3 is 0 Å². The Kier molecular flexibility index (Phi) is 3.21. The number of rotatable bonds is 2. The molecule has 0 aliphatic rings. The summed E-state index contributed by atoms with van der Waals surface area (Å²) >= 11 is 0. The maximum Gasteiger partial charge on any atom is -0.0105 e. The molecule has 0 aliphatic heterocycles. The fourth-order valence-corrected chi connectivity index (χ4v) is 2.90. The van der Waals surface area contributed by atoms with Crippen molar-refractivity contribution in [1.29, 1.82) is 0 Å². The Labute approximate surface area is 130 Å². The van der Waals surface area contributed by atoms with Crippen LogP contribution in [0.2, 0.25) is 0 Å². The average Bonchev–Trinajstić information content (AvgIpc) is 2.62. The van der Waals surface area contributed by atoms with Crippen molar-refractivity contribution in [1.82, 2.24) is 0 Å². The zero-order chi connectivity index (χ0) is 14.8. The van der Waals surface area contributed by atoms with Crippen LogP contribution in [0.4, 0.5) is 0 Å². The van der Waals surface area contributed by atoms with Crippen LogP contribution in [0.3, 0.4) is 0 Å². The Balaban J connectivity index is 1.80. The Hall–Kier alpha value is -2.86. The van der Waals surface area contributed by atoms with Gasteiger partial charge in [0.15, 0.2) is 0 Å². The minimum Gasteiger partial charge on any atom is -0.0616 e.